The van der Waals surface area contributed by atoms with Crippen molar-refractivity contribution in [2.75, 3.05) is 36.2 Å². The minimum Gasteiger partial charge on any atom is -0.394 e. The summed E-state index contributed by atoms with van der Waals surface area (Å²) in [6.07, 6.45) is -8.55. The summed E-state index contributed by atoms with van der Waals surface area (Å²) in [6.45, 7) is -0.231. The molecule has 1 aliphatic heterocycles. The Kier molecular flexibility index (Phi) is 7.51. The SMILES string of the molecule is CSCCNc1nc(S(=O)(=O)CCC(F)(F)F)nc2c1ncn2[C@@H]1O[C@H](CO)[C@@H](O)[C@H]1O. The van der Waals surface area contributed by atoms with Crippen LogP contribution in [0.4, 0.5) is 19.0 Å². The number of anilines is 1. The summed E-state index contributed by atoms with van der Waals surface area (Å²) in [4.78, 5) is 11.9. The average molecular weight is 502 g/mol. The van der Waals surface area contributed by atoms with Gasteiger partial charge in [-0.25, -0.2) is 13.4 Å². The lowest BCUT2D eigenvalue weighted by Gasteiger charge is -2.17. The van der Waals surface area contributed by atoms with Gasteiger partial charge < -0.3 is 25.4 Å². The second-order valence-corrected chi connectivity index (χ2v) is 10.00. The minimum atomic E-state index is -4.68. The van der Waals surface area contributed by atoms with E-state index in [1.165, 1.54) is 18.1 Å². The molecule has 4 N–H and O–H groups in total. The molecule has 0 saturated carbocycles. The summed E-state index contributed by atoms with van der Waals surface area (Å²) in [7, 11) is -4.52. The maximum atomic E-state index is 12.6. The lowest BCUT2D eigenvalue weighted by atomic mass is 10.1. The molecule has 16 heteroatoms. The number of rotatable bonds is 9. The molecule has 0 radical (unpaired) electrons. The number of sulfone groups is 1. The Bertz CT molecular complexity index is 1050. The van der Waals surface area contributed by atoms with Gasteiger partial charge in [0.1, 0.15) is 18.3 Å². The van der Waals surface area contributed by atoms with Gasteiger partial charge in [-0.1, -0.05) is 0 Å². The fraction of sp³-hybridized carbons (Fsp3) is 0.688. The zero-order valence-electron chi connectivity index (χ0n) is 16.7. The van der Waals surface area contributed by atoms with Crippen molar-refractivity contribution in [3.63, 3.8) is 0 Å². The Balaban J connectivity index is 2.06. The molecule has 0 aromatic carbocycles. The third-order valence-corrected chi connectivity index (χ3v) is 6.82. The summed E-state index contributed by atoms with van der Waals surface area (Å²) in [6, 6.07) is 0. The average Bonchev–Trinajstić information content (AvgIpc) is 3.27. The molecule has 0 bridgehead atoms. The first-order valence-electron chi connectivity index (χ1n) is 9.38. The number of alkyl halides is 3. The molecule has 0 aliphatic carbocycles. The third-order valence-electron chi connectivity index (χ3n) is 4.72. The number of imidazole rings is 1. The summed E-state index contributed by atoms with van der Waals surface area (Å²) in [5, 5.41) is 31.6. The number of thioether (sulfide) groups is 1. The smallest absolute Gasteiger partial charge is 0.390 e. The number of ether oxygens (including phenoxy) is 1. The first-order valence-corrected chi connectivity index (χ1v) is 12.4. The van der Waals surface area contributed by atoms with Crippen LogP contribution in [0.25, 0.3) is 11.2 Å². The molecule has 32 heavy (non-hydrogen) atoms. The lowest BCUT2D eigenvalue weighted by Crippen LogP contribution is -2.33. The first-order chi connectivity index (χ1) is 15.0. The van der Waals surface area contributed by atoms with Crippen molar-refractivity contribution in [1.82, 2.24) is 19.5 Å². The topological polar surface area (TPSA) is 160 Å². The Morgan fingerprint density at radius 1 is 1.28 bits per heavy atom. The van der Waals surface area contributed by atoms with Gasteiger partial charge in [-0.2, -0.15) is 34.9 Å². The van der Waals surface area contributed by atoms with Crippen molar-refractivity contribution in [1.29, 1.82) is 0 Å². The van der Waals surface area contributed by atoms with Crippen LogP contribution in [0.1, 0.15) is 12.6 Å². The summed E-state index contributed by atoms with van der Waals surface area (Å²) in [5.74, 6) is -0.633. The molecule has 11 nitrogen and oxygen atoms in total. The van der Waals surface area contributed by atoms with Crippen LogP contribution in [-0.2, 0) is 14.6 Å². The third kappa shape index (κ3) is 5.26. The minimum absolute atomic E-state index is 0.0138. The Morgan fingerprint density at radius 2 is 2.00 bits per heavy atom. The molecule has 1 aliphatic rings. The largest absolute Gasteiger partial charge is 0.394 e. The van der Waals surface area contributed by atoms with Gasteiger partial charge in [-0.3, -0.25) is 4.57 Å². The van der Waals surface area contributed by atoms with Gasteiger partial charge in [0, 0.05) is 12.3 Å². The number of aliphatic hydroxyl groups is 3. The molecule has 0 unspecified atom stereocenters. The predicted octanol–water partition coefficient (Wildman–Crippen LogP) is -0.0612. The highest BCUT2D eigenvalue weighted by Gasteiger charge is 2.44. The van der Waals surface area contributed by atoms with Crippen LogP contribution in [0, 0.1) is 0 Å². The number of halogens is 3. The van der Waals surface area contributed by atoms with E-state index in [1.807, 2.05) is 6.26 Å². The number of nitrogens with zero attached hydrogens (tertiary/aromatic N) is 4. The molecular weight excluding hydrogens is 479 g/mol. The molecule has 0 spiro atoms. The van der Waals surface area contributed by atoms with Crippen LogP contribution >= 0.6 is 11.8 Å². The van der Waals surface area contributed by atoms with Crippen molar-refractivity contribution in [2.24, 2.45) is 0 Å². The molecule has 0 amide bonds. The van der Waals surface area contributed by atoms with Crippen molar-refractivity contribution in [3.05, 3.63) is 6.33 Å². The molecule has 2 aromatic heterocycles. The van der Waals surface area contributed by atoms with Gasteiger partial charge in [0.25, 0.3) is 5.16 Å². The van der Waals surface area contributed by atoms with Crippen LogP contribution in [0.3, 0.4) is 0 Å². The normalized spacial score (nSPS) is 24.3. The fourth-order valence-corrected chi connectivity index (χ4v) is 4.51. The van der Waals surface area contributed by atoms with Crippen molar-refractivity contribution in [3.8, 4) is 0 Å². The van der Waals surface area contributed by atoms with E-state index in [2.05, 4.69) is 20.3 Å². The maximum absolute atomic E-state index is 12.6. The monoisotopic (exact) mass is 501 g/mol. The zero-order valence-corrected chi connectivity index (χ0v) is 18.4. The van der Waals surface area contributed by atoms with Gasteiger partial charge in [-0.15, -0.1) is 0 Å². The predicted molar refractivity (Wildman–Crippen MR) is 108 cm³/mol. The number of nitrogens with one attached hydrogen (secondary N) is 1. The van der Waals surface area contributed by atoms with Gasteiger partial charge in [0.05, 0.1) is 25.1 Å². The van der Waals surface area contributed by atoms with E-state index < -0.39 is 64.5 Å². The van der Waals surface area contributed by atoms with E-state index in [1.54, 1.807) is 0 Å². The van der Waals surface area contributed by atoms with E-state index in [9.17, 15) is 36.9 Å². The lowest BCUT2D eigenvalue weighted by molar-refractivity contribution is -0.129. The van der Waals surface area contributed by atoms with E-state index >= 15 is 0 Å². The maximum Gasteiger partial charge on any atom is 0.390 e. The number of hydrogen-bond donors (Lipinski definition) is 4. The van der Waals surface area contributed by atoms with Gasteiger partial charge in [0.15, 0.2) is 23.2 Å². The summed E-state index contributed by atoms with van der Waals surface area (Å²) in [5.41, 5.74) is -0.0364. The number of aromatic nitrogens is 4. The number of hydrogen-bond acceptors (Lipinski definition) is 11. The van der Waals surface area contributed by atoms with Crippen LogP contribution in [0.2, 0.25) is 0 Å². The highest BCUT2D eigenvalue weighted by molar-refractivity contribution is 7.98. The van der Waals surface area contributed by atoms with Gasteiger partial charge in [-0.05, 0) is 6.26 Å². The molecule has 3 heterocycles. The molecule has 3 rings (SSSR count). The molecule has 1 fully saturated rings. The standard InChI is InChI=1S/C16H22F3N5O6S2/c1-31-4-3-20-12-9-13(23-15(22-12)32(28,29)5-2-16(17,18)19)24(7-21-9)14-11(27)10(26)8(6-25)30-14/h7-8,10-11,14,25-27H,2-6H2,1H3,(H,20,22,23)/t8-,10-,11-,14-/m1/s1. The molecule has 1 saturated heterocycles. The highest BCUT2D eigenvalue weighted by Crippen LogP contribution is 2.33. The van der Waals surface area contributed by atoms with Crippen LogP contribution in [0.5, 0.6) is 0 Å². The molecular formula is C16H22F3N5O6S2. The number of aliphatic hydroxyl groups excluding tert-OH is 3. The van der Waals surface area contributed by atoms with Crippen LogP contribution in [-0.4, -0.2) is 98.7 Å². The summed E-state index contributed by atoms with van der Waals surface area (Å²) < 4.78 is 69.4. The quantitative estimate of drug-likeness (QED) is 0.269. The van der Waals surface area contributed by atoms with Gasteiger partial charge >= 0.3 is 6.18 Å². The molecule has 2 aromatic rings. The number of fused-ring (bicyclic) bond motifs is 1. The fourth-order valence-electron chi connectivity index (χ4n) is 3.07. The summed E-state index contributed by atoms with van der Waals surface area (Å²) >= 11 is 1.50. The highest BCUT2D eigenvalue weighted by atomic mass is 32.2. The van der Waals surface area contributed by atoms with E-state index in [4.69, 9.17) is 4.74 Å². The Labute approximate surface area is 184 Å². The first kappa shape index (κ1) is 24.9. The van der Waals surface area contributed by atoms with Crippen molar-refractivity contribution < 1.29 is 41.6 Å². The van der Waals surface area contributed by atoms with E-state index in [0.717, 1.165) is 4.57 Å². The van der Waals surface area contributed by atoms with Crippen molar-refractivity contribution in [2.45, 2.75) is 42.3 Å². The van der Waals surface area contributed by atoms with E-state index in [0.29, 0.717) is 12.3 Å². The van der Waals surface area contributed by atoms with Crippen molar-refractivity contribution >= 4 is 38.6 Å². The van der Waals surface area contributed by atoms with E-state index in [-0.39, 0.29) is 17.0 Å². The van der Waals surface area contributed by atoms with Crippen LogP contribution < -0.4 is 5.32 Å². The Morgan fingerprint density at radius 3 is 2.59 bits per heavy atom. The molecule has 4 atom stereocenters. The second kappa shape index (κ2) is 9.64. The zero-order chi connectivity index (χ0) is 23.7. The second-order valence-electron chi connectivity index (χ2n) is 7.01. The van der Waals surface area contributed by atoms with Gasteiger partial charge in [0.2, 0.25) is 9.84 Å². The molecule has 180 valence electrons. The Hall–Kier alpha value is -1.72. The van der Waals surface area contributed by atoms with Crippen LogP contribution in [0.15, 0.2) is 11.5 Å².